The molecule has 5 aromatic rings. The lowest BCUT2D eigenvalue weighted by Crippen LogP contribution is -2.29. The van der Waals surface area contributed by atoms with Crippen LogP contribution < -0.4 is 24.3 Å². The van der Waals surface area contributed by atoms with Gasteiger partial charge in [0.05, 0.1) is 30.6 Å². The van der Waals surface area contributed by atoms with Gasteiger partial charge in [-0.15, -0.1) is 0 Å². The summed E-state index contributed by atoms with van der Waals surface area (Å²) in [6, 6.07) is 11.7. The van der Waals surface area contributed by atoms with E-state index in [9.17, 15) is 32.0 Å². The third-order valence-electron chi connectivity index (χ3n) is 8.12. The Labute approximate surface area is 305 Å². The molecule has 3 heterocycles. The smallest absolute Gasteiger partial charge is 0.420 e. The summed E-state index contributed by atoms with van der Waals surface area (Å²) in [6.07, 6.45) is 6.78. The molecule has 6 rings (SSSR count). The molecule has 0 N–H and O–H groups in total. The summed E-state index contributed by atoms with van der Waals surface area (Å²) >= 11 is 12.7. The number of hydrogen-bond acceptors (Lipinski definition) is 10. The van der Waals surface area contributed by atoms with E-state index in [-0.39, 0.29) is 74.9 Å². The summed E-state index contributed by atoms with van der Waals surface area (Å²) in [7, 11) is -3.78. The topological polar surface area (TPSA) is 157 Å². The third kappa shape index (κ3) is 8.92. The van der Waals surface area contributed by atoms with E-state index >= 15 is 0 Å². The third-order valence-corrected chi connectivity index (χ3v) is 9.92. The molecule has 0 bridgehead atoms. The lowest BCUT2D eigenvalue weighted by atomic mass is 10.0. The fourth-order valence-corrected chi connectivity index (χ4v) is 6.88. The standard InChI is InChI=1S/C34H30Cl2F2N4O9S/c1-52(46,47)42(15-21-3-2-10-39-14-21)23-7-8-27-30(12-23)51-34(44)41(27)18-32(43)49-29(13-24-25(35)16-40(45)17-26(24)36)22-6-9-28(50-33(37)38)31(11-22)48-19-20-4-5-20/h2-3,6-12,14,16-17,20,29,33H,4-5,13,15,18-19H2,1H3/t29-/m0/s1. The van der Waals surface area contributed by atoms with Crippen molar-refractivity contribution in [2.75, 3.05) is 17.2 Å². The molecular formula is C34H30Cl2F2N4O9S. The predicted molar refractivity (Wildman–Crippen MR) is 185 cm³/mol. The first-order chi connectivity index (χ1) is 24.7. The molecule has 0 radical (unpaired) electrons. The van der Waals surface area contributed by atoms with Gasteiger partial charge in [-0.05, 0) is 60.2 Å². The number of esters is 1. The molecule has 0 saturated heterocycles. The molecule has 52 heavy (non-hydrogen) atoms. The Bertz CT molecular complexity index is 2250. The number of ether oxygens (including phenoxy) is 3. The summed E-state index contributed by atoms with van der Waals surface area (Å²) in [5.74, 6) is -1.79. The first-order valence-corrected chi connectivity index (χ1v) is 18.3. The molecule has 18 heteroatoms. The number of rotatable bonds is 15. The van der Waals surface area contributed by atoms with Crippen molar-refractivity contribution in [3.63, 3.8) is 0 Å². The number of nitrogens with zero attached hydrogens (tertiary/aromatic N) is 4. The van der Waals surface area contributed by atoms with Gasteiger partial charge in [0.1, 0.15) is 22.7 Å². The molecule has 1 fully saturated rings. The average Bonchev–Trinajstić information content (AvgIpc) is 3.86. The lowest BCUT2D eigenvalue weighted by Gasteiger charge is -2.22. The van der Waals surface area contributed by atoms with Crippen molar-refractivity contribution < 1.29 is 45.4 Å². The van der Waals surface area contributed by atoms with Crippen molar-refractivity contribution >= 4 is 56.0 Å². The second-order valence-corrected chi connectivity index (χ2v) is 14.8. The number of halogens is 4. The fourth-order valence-electron chi connectivity index (χ4n) is 5.40. The number of anilines is 1. The molecule has 3 aromatic heterocycles. The predicted octanol–water partition coefficient (Wildman–Crippen LogP) is 5.81. The highest BCUT2D eigenvalue weighted by molar-refractivity contribution is 7.92. The van der Waals surface area contributed by atoms with E-state index in [4.69, 9.17) is 37.1 Å². The first kappa shape index (κ1) is 36.8. The van der Waals surface area contributed by atoms with Crippen LogP contribution in [0.1, 0.15) is 35.6 Å². The van der Waals surface area contributed by atoms with Crippen LogP contribution in [-0.4, -0.2) is 43.4 Å². The lowest BCUT2D eigenvalue weighted by molar-refractivity contribution is -0.605. The van der Waals surface area contributed by atoms with Crippen molar-refractivity contribution in [2.24, 2.45) is 5.92 Å². The van der Waals surface area contributed by atoms with Gasteiger partial charge < -0.3 is 23.8 Å². The number of aromatic nitrogens is 3. The summed E-state index contributed by atoms with van der Waals surface area (Å²) in [4.78, 5) is 30.6. The van der Waals surface area contributed by atoms with Gasteiger partial charge in [-0.2, -0.15) is 13.5 Å². The van der Waals surface area contributed by atoms with E-state index < -0.39 is 41.0 Å². The number of hydrogen-bond donors (Lipinski definition) is 0. The second-order valence-electron chi connectivity index (χ2n) is 12.1. The van der Waals surface area contributed by atoms with E-state index in [1.807, 2.05) is 0 Å². The molecule has 1 saturated carbocycles. The highest BCUT2D eigenvalue weighted by Crippen LogP contribution is 2.38. The minimum atomic E-state index is -3.78. The van der Waals surface area contributed by atoms with Crippen molar-refractivity contribution in [2.45, 2.75) is 45.1 Å². The molecule has 1 atom stereocenters. The Morgan fingerprint density at radius 2 is 1.88 bits per heavy atom. The average molecular weight is 780 g/mol. The molecular weight excluding hydrogens is 749 g/mol. The van der Waals surface area contributed by atoms with Crippen LogP contribution in [0, 0.1) is 11.1 Å². The Hall–Kier alpha value is -4.93. The van der Waals surface area contributed by atoms with Gasteiger partial charge in [0, 0.05) is 30.4 Å². The van der Waals surface area contributed by atoms with Crippen molar-refractivity contribution in [1.82, 2.24) is 9.55 Å². The molecule has 0 spiro atoms. The zero-order valence-corrected chi connectivity index (χ0v) is 29.6. The SMILES string of the molecule is CS(=O)(=O)N(Cc1cccnc1)c1ccc2c(c1)oc(=O)n2CC(=O)O[C@@H](Cc1c(Cl)c[n+]([O-])cc1Cl)c1ccc(OC(F)F)c(OCC2CC2)c1. The molecule has 0 aliphatic heterocycles. The highest BCUT2D eigenvalue weighted by atomic mass is 35.5. The van der Waals surface area contributed by atoms with Crippen LogP contribution in [0.15, 0.2) is 82.5 Å². The fraction of sp³-hybridized carbons (Fsp3) is 0.294. The van der Waals surface area contributed by atoms with Crippen molar-refractivity contribution in [3.05, 3.63) is 116 Å². The summed E-state index contributed by atoms with van der Waals surface area (Å²) < 4.78 is 76.1. The largest absolute Gasteiger partial charge is 0.619 e. The van der Waals surface area contributed by atoms with E-state index in [1.165, 1.54) is 42.6 Å². The normalized spacial score (nSPS) is 13.7. The van der Waals surface area contributed by atoms with Crippen molar-refractivity contribution in [3.8, 4) is 11.5 Å². The molecule has 13 nitrogen and oxygen atoms in total. The number of pyridine rings is 2. The minimum Gasteiger partial charge on any atom is -0.619 e. The van der Waals surface area contributed by atoms with Gasteiger partial charge in [-0.3, -0.25) is 18.7 Å². The molecule has 1 aliphatic carbocycles. The number of alkyl halides is 2. The summed E-state index contributed by atoms with van der Waals surface area (Å²) in [5.41, 5.74) is 1.55. The molecule has 1 aliphatic rings. The Kier molecular flexibility index (Phi) is 10.9. The first-order valence-electron chi connectivity index (χ1n) is 15.7. The van der Waals surface area contributed by atoms with E-state index in [2.05, 4.69) is 9.72 Å². The van der Waals surface area contributed by atoms with Crippen LogP contribution in [0.5, 0.6) is 11.5 Å². The van der Waals surface area contributed by atoms with Crippen LogP contribution in [0.3, 0.4) is 0 Å². The Balaban J connectivity index is 1.29. The second kappa shape index (κ2) is 15.4. The van der Waals surface area contributed by atoms with E-state index in [0.29, 0.717) is 10.3 Å². The summed E-state index contributed by atoms with van der Waals surface area (Å²) in [6.45, 7) is -3.54. The number of benzene rings is 2. The van der Waals surface area contributed by atoms with Gasteiger partial charge in [0.25, 0.3) is 0 Å². The van der Waals surface area contributed by atoms with Crippen LogP contribution in [0.2, 0.25) is 10.0 Å². The van der Waals surface area contributed by atoms with Gasteiger partial charge in [0.2, 0.25) is 10.0 Å². The number of sulfonamides is 1. The molecule has 2 aromatic carbocycles. The Morgan fingerprint density at radius 3 is 2.54 bits per heavy atom. The van der Waals surface area contributed by atoms with Gasteiger partial charge >= 0.3 is 18.3 Å². The minimum absolute atomic E-state index is 0.00655. The number of fused-ring (bicyclic) bond motifs is 1. The van der Waals surface area contributed by atoms with Gasteiger partial charge in [-0.1, -0.05) is 35.3 Å². The quantitative estimate of drug-likeness (QED) is 0.0722. The maximum absolute atomic E-state index is 13.5. The maximum atomic E-state index is 13.5. The number of oxazole rings is 1. The molecule has 0 unspecified atom stereocenters. The van der Waals surface area contributed by atoms with Crippen LogP contribution in [0.4, 0.5) is 14.5 Å². The van der Waals surface area contributed by atoms with Crippen LogP contribution in [0.25, 0.3) is 11.1 Å². The molecule has 274 valence electrons. The van der Waals surface area contributed by atoms with Crippen LogP contribution in [-0.2, 0) is 39.1 Å². The highest BCUT2D eigenvalue weighted by Gasteiger charge is 2.27. The monoisotopic (exact) mass is 778 g/mol. The Morgan fingerprint density at radius 1 is 1.13 bits per heavy atom. The molecule has 0 amide bonds. The van der Waals surface area contributed by atoms with Crippen LogP contribution >= 0.6 is 23.2 Å². The van der Waals surface area contributed by atoms with Crippen molar-refractivity contribution in [1.29, 1.82) is 0 Å². The number of carbonyl (C=O) groups is 1. The van der Waals surface area contributed by atoms with Gasteiger partial charge in [0.15, 0.2) is 29.5 Å². The zero-order chi connectivity index (χ0) is 37.2. The van der Waals surface area contributed by atoms with E-state index in [0.717, 1.165) is 40.4 Å². The van der Waals surface area contributed by atoms with E-state index in [1.54, 1.807) is 18.3 Å². The van der Waals surface area contributed by atoms with Gasteiger partial charge in [-0.25, -0.2) is 13.2 Å². The number of carbonyl (C=O) groups excluding carboxylic acids is 1. The maximum Gasteiger partial charge on any atom is 0.420 e. The zero-order valence-electron chi connectivity index (χ0n) is 27.3. The summed E-state index contributed by atoms with van der Waals surface area (Å²) in [5, 5.41) is 11.9.